The molecule has 5 nitrogen and oxygen atoms in total. The van der Waals surface area contributed by atoms with E-state index in [4.69, 9.17) is 14.2 Å². The first kappa shape index (κ1) is 19.2. The summed E-state index contributed by atoms with van der Waals surface area (Å²) in [7, 11) is 0. The zero-order chi connectivity index (χ0) is 18.5. The third-order valence-corrected chi connectivity index (χ3v) is 5.69. The molecular weight excluding hydrogens is 332 g/mol. The Morgan fingerprint density at radius 3 is 2.46 bits per heavy atom. The molecule has 0 amide bonds. The molecule has 144 valence electrons. The van der Waals surface area contributed by atoms with E-state index < -0.39 is 11.9 Å². The average Bonchev–Trinajstić information content (AvgIpc) is 3.43. The zero-order valence-electron chi connectivity index (χ0n) is 15.9. The van der Waals surface area contributed by atoms with Gasteiger partial charge in [0.15, 0.2) is 0 Å². The number of esters is 2. The summed E-state index contributed by atoms with van der Waals surface area (Å²) in [5.74, 6) is 0.0214. The molecule has 2 saturated carbocycles. The largest absolute Gasteiger partial charge is 0.462 e. The van der Waals surface area contributed by atoms with E-state index in [0.717, 1.165) is 32.1 Å². The van der Waals surface area contributed by atoms with Gasteiger partial charge in [-0.05, 0) is 57.8 Å². The van der Waals surface area contributed by atoms with Crippen LogP contribution in [-0.2, 0) is 23.8 Å². The minimum atomic E-state index is -0.425. The molecule has 1 heterocycles. The molecule has 0 radical (unpaired) electrons. The molecule has 26 heavy (non-hydrogen) atoms. The van der Waals surface area contributed by atoms with Crippen LogP contribution in [0.15, 0.2) is 23.5 Å². The fraction of sp³-hybridized carbons (Fsp3) is 0.714. The molecular formula is C21H30O5. The van der Waals surface area contributed by atoms with Crippen LogP contribution in [0.2, 0.25) is 0 Å². The molecule has 3 unspecified atom stereocenters. The van der Waals surface area contributed by atoms with E-state index in [1.54, 1.807) is 13.8 Å². The van der Waals surface area contributed by atoms with Crippen molar-refractivity contribution in [1.82, 2.24) is 0 Å². The molecule has 0 aromatic heterocycles. The molecule has 3 atom stereocenters. The van der Waals surface area contributed by atoms with Crippen LogP contribution in [-0.4, -0.2) is 30.8 Å². The topological polar surface area (TPSA) is 65.1 Å². The van der Waals surface area contributed by atoms with Crippen LogP contribution < -0.4 is 0 Å². The van der Waals surface area contributed by atoms with Crippen LogP contribution >= 0.6 is 0 Å². The van der Waals surface area contributed by atoms with Crippen molar-refractivity contribution in [2.24, 2.45) is 11.8 Å². The maximum absolute atomic E-state index is 12.1. The third kappa shape index (κ3) is 5.44. The highest BCUT2D eigenvalue weighted by Gasteiger charge is 2.44. The number of rotatable bonds is 6. The maximum atomic E-state index is 12.1. The fourth-order valence-corrected chi connectivity index (χ4v) is 3.95. The lowest BCUT2D eigenvalue weighted by molar-refractivity contribution is -0.140. The van der Waals surface area contributed by atoms with Crippen molar-refractivity contribution >= 4 is 11.9 Å². The van der Waals surface area contributed by atoms with Crippen molar-refractivity contribution in [3.63, 3.8) is 0 Å². The van der Waals surface area contributed by atoms with Gasteiger partial charge < -0.3 is 14.2 Å². The highest BCUT2D eigenvalue weighted by Crippen LogP contribution is 2.39. The number of hydrogen-bond acceptors (Lipinski definition) is 5. The Bertz CT molecular complexity index is 585. The van der Waals surface area contributed by atoms with Gasteiger partial charge in [0.1, 0.15) is 6.26 Å². The second-order valence-corrected chi connectivity index (χ2v) is 7.94. The van der Waals surface area contributed by atoms with Crippen molar-refractivity contribution in [3.8, 4) is 0 Å². The van der Waals surface area contributed by atoms with Crippen molar-refractivity contribution in [2.45, 2.75) is 77.4 Å². The summed E-state index contributed by atoms with van der Waals surface area (Å²) >= 11 is 0. The van der Waals surface area contributed by atoms with E-state index in [9.17, 15) is 9.59 Å². The van der Waals surface area contributed by atoms with Crippen LogP contribution in [0.5, 0.6) is 0 Å². The average molecular weight is 362 g/mol. The molecule has 1 aliphatic heterocycles. The molecule has 3 rings (SSSR count). The van der Waals surface area contributed by atoms with Crippen molar-refractivity contribution < 1.29 is 23.8 Å². The Kier molecular flexibility index (Phi) is 6.52. The van der Waals surface area contributed by atoms with Crippen molar-refractivity contribution in [1.29, 1.82) is 0 Å². The predicted molar refractivity (Wildman–Crippen MR) is 97.1 cm³/mol. The molecule has 0 aromatic rings. The van der Waals surface area contributed by atoms with Crippen LogP contribution in [0.3, 0.4) is 0 Å². The van der Waals surface area contributed by atoms with Gasteiger partial charge in [-0.15, -0.1) is 0 Å². The van der Waals surface area contributed by atoms with Crippen LogP contribution in [0.4, 0.5) is 0 Å². The predicted octanol–water partition coefficient (Wildman–Crippen LogP) is 4.07. The van der Waals surface area contributed by atoms with Crippen LogP contribution in [0.25, 0.3) is 0 Å². The monoisotopic (exact) mass is 362 g/mol. The Hall–Kier alpha value is -1.62. The van der Waals surface area contributed by atoms with Gasteiger partial charge >= 0.3 is 11.9 Å². The molecule has 2 aliphatic carbocycles. The van der Waals surface area contributed by atoms with Gasteiger partial charge in [-0.2, -0.15) is 0 Å². The second kappa shape index (κ2) is 8.85. The summed E-state index contributed by atoms with van der Waals surface area (Å²) < 4.78 is 16.0. The number of ether oxygens (including phenoxy) is 3. The lowest BCUT2D eigenvalue weighted by atomic mass is 9.88. The minimum absolute atomic E-state index is 0.306. The van der Waals surface area contributed by atoms with E-state index in [-0.39, 0.29) is 0 Å². The van der Waals surface area contributed by atoms with Crippen LogP contribution in [0, 0.1) is 11.8 Å². The number of carbonyl (C=O) groups excluding carboxylic acids is 2. The molecule has 3 fully saturated rings. The van der Waals surface area contributed by atoms with Crippen molar-refractivity contribution in [2.75, 3.05) is 6.61 Å². The number of epoxide rings is 1. The van der Waals surface area contributed by atoms with E-state index >= 15 is 0 Å². The van der Waals surface area contributed by atoms with Crippen LogP contribution in [0.1, 0.15) is 65.2 Å². The molecule has 0 N–H and O–H groups in total. The second-order valence-electron chi connectivity index (χ2n) is 7.94. The molecule has 3 aliphatic rings. The summed E-state index contributed by atoms with van der Waals surface area (Å²) in [6.45, 7) is 3.79. The van der Waals surface area contributed by atoms with E-state index in [2.05, 4.69) is 0 Å². The number of carbonyl (C=O) groups is 2. The molecule has 1 saturated heterocycles. The summed E-state index contributed by atoms with van der Waals surface area (Å²) in [5, 5.41) is 0. The van der Waals surface area contributed by atoms with Gasteiger partial charge in [-0.3, -0.25) is 0 Å². The number of hydrogen-bond donors (Lipinski definition) is 0. The first-order valence-corrected chi connectivity index (χ1v) is 9.91. The first-order chi connectivity index (χ1) is 12.5. The Morgan fingerprint density at radius 2 is 1.73 bits per heavy atom. The lowest BCUT2D eigenvalue weighted by Gasteiger charge is -2.18. The first-order valence-electron chi connectivity index (χ1n) is 9.91. The van der Waals surface area contributed by atoms with Gasteiger partial charge in [0.2, 0.25) is 0 Å². The summed E-state index contributed by atoms with van der Waals surface area (Å²) in [4.78, 5) is 24.1. The number of allylic oxidation sites excluding steroid dienone is 1. The molecule has 5 heteroatoms. The lowest BCUT2D eigenvalue weighted by Crippen LogP contribution is -2.20. The normalized spacial score (nSPS) is 29.7. The van der Waals surface area contributed by atoms with Gasteiger partial charge in [-0.25, -0.2) is 9.59 Å². The summed E-state index contributed by atoms with van der Waals surface area (Å²) in [6, 6.07) is 0. The minimum Gasteiger partial charge on any atom is -0.462 e. The van der Waals surface area contributed by atoms with E-state index in [1.807, 2.05) is 6.08 Å². The van der Waals surface area contributed by atoms with Gasteiger partial charge in [0.25, 0.3) is 0 Å². The summed E-state index contributed by atoms with van der Waals surface area (Å²) in [5.41, 5.74) is 0.913. The molecule has 0 bridgehead atoms. The van der Waals surface area contributed by atoms with E-state index in [1.165, 1.54) is 25.5 Å². The Morgan fingerprint density at radius 1 is 0.962 bits per heavy atom. The fourth-order valence-electron chi connectivity index (χ4n) is 3.95. The van der Waals surface area contributed by atoms with Gasteiger partial charge in [0.05, 0.1) is 24.4 Å². The third-order valence-electron chi connectivity index (χ3n) is 5.69. The SMILES string of the molecule is C/C(=C\C1CCCCC1)C(=O)O/C=C(\C)C(=O)OCC1CCC2OC2C1. The highest BCUT2D eigenvalue weighted by molar-refractivity contribution is 5.90. The quantitative estimate of drug-likeness (QED) is 0.308. The van der Waals surface area contributed by atoms with Gasteiger partial charge in [-0.1, -0.05) is 25.3 Å². The standard InChI is InChI=1S/C21H30O5/c1-14(10-16-6-4-3-5-7-16)20(22)24-12-15(2)21(23)25-13-17-8-9-18-19(11-17)26-18/h10,12,16-19H,3-9,11,13H2,1-2H3/b14-10+,15-12+. The number of fused-ring (bicyclic) bond motifs is 1. The Labute approximate surface area is 155 Å². The maximum Gasteiger partial charge on any atom is 0.338 e. The van der Waals surface area contributed by atoms with Gasteiger partial charge in [0, 0.05) is 5.57 Å². The van der Waals surface area contributed by atoms with Crippen molar-refractivity contribution in [3.05, 3.63) is 23.5 Å². The van der Waals surface area contributed by atoms with E-state index in [0.29, 0.717) is 41.8 Å². The molecule has 0 spiro atoms. The summed E-state index contributed by atoms with van der Waals surface area (Å²) in [6.07, 6.45) is 13.1. The molecule has 0 aromatic carbocycles. The zero-order valence-corrected chi connectivity index (χ0v) is 15.9. The highest BCUT2D eigenvalue weighted by atomic mass is 16.6. The smallest absolute Gasteiger partial charge is 0.338 e. The Balaban J connectivity index is 1.40.